The molecule has 7 heteroatoms. The number of nitrogens with zero attached hydrogens (tertiary/aromatic N) is 4. The van der Waals surface area contributed by atoms with Crippen LogP contribution in [0, 0.1) is 5.41 Å². The number of amides is 1. The summed E-state index contributed by atoms with van der Waals surface area (Å²) in [5, 5.41) is 18.3. The third-order valence-electron chi connectivity index (χ3n) is 4.49. The van der Waals surface area contributed by atoms with Crippen molar-refractivity contribution in [1.29, 1.82) is 0 Å². The van der Waals surface area contributed by atoms with Gasteiger partial charge in [0.15, 0.2) is 0 Å². The normalized spacial score (nSPS) is 17.3. The molecule has 7 nitrogen and oxygen atoms in total. The van der Waals surface area contributed by atoms with Crippen LogP contribution in [0.2, 0.25) is 0 Å². The molecule has 3 rings (SSSR count). The lowest BCUT2D eigenvalue weighted by atomic mass is 9.80. The molecule has 1 N–H and O–H groups in total. The van der Waals surface area contributed by atoms with Gasteiger partial charge in [-0.1, -0.05) is 12.1 Å². The number of fused-ring (bicyclic) bond motifs is 1. The molecular formula is C16H22N4O3. The summed E-state index contributed by atoms with van der Waals surface area (Å²) in [6.45, 7) is 1.96. The minimum atomic E-state index is -0.259. The maximum Gasteiger partial charge on any atom is 0.245 e. The lowest BCUT2D eigenvalue weighted by Gasteiger charge is -2.38. The molecule has 0 saturated carbocycles. The summed E-state index contributed by atoms with van der Waals surface area (Å²) in [6, 6.07) is 7.53. The monoisotopic (exact) mass is 318 g/mol. The van der Waals surface area contributed by atoms with Crippen LogP contribution in [0.4, 0.5) is 0 Å². The number of aliphatic hydroxyl groups is 1. The SMILES string of the molecule is CN(CC1(CO)CCOCC1)C(=O)Cn1nc2ccccc2n1. The molecule has 1 aromatic carbocycles. The molecule has 23 heavy (non-hydrogen) atoms. The van der Waals surface area contributed by atoms with Crippen molar-refractivity contribution in [1.82, 2.24) is 19.9 Å². The highest BCUT2D eigenvalue weighted by Gasteiger charge is 2.34. The third-order valence-corrected chi connectivity index (χ3v) is 4.49. The summed E-state index contributed by atoms with van der Waals surface area (Å²) < 4.78 is 5.36. The fourth-order valence-electron chi connectivity index (χ4n) is 2.98. The molecule has 1 aliphatic heterocycles. The maximum atomic E-state index is 12.4. The van der Waals surface area contributed by atoms with Crippen LogP contribution in [-0.2, 0) is 16.1 Å². The van der Waals surface area contributed by atoms with Gasteiger partial charge in [-0.2, -0.15) is 15.0 Å². The highest BCUT2D eigenvalue weighted by Crippen LogP contribution is 2.30. The van der Waals surface area contributed by atoms with Crippen molar-refractivity contribution in [3.8, 4) is 0 Å². The minimum Gasteiger partial charge on any atom is -0.396 e. The van der Waals surface area contributed by atoms with Crippen molar-refractivity contribution in [2.24, 2.45) is 5.41 Å². The van der Waals surface area contributed by atoms with Crippen LogP contribution in [0.3, 0.4) is 0 Å². The van der Waals surface area contributed by atoms with Gasteiger partial charge < -0.3 is 14.7 Å². The number of carbonyl (C=O) groups excluding carboxylic acids is 1. The fourth-order valence-corrected chi connectivity index (χ4v) is 2.98. The van der Waals surface area contributed by atoms with E-state index in [1.807, 2.05) is 24.3 Å². The number of ether oxygens (including phenoxy) is 1. The van der Waals surface area contributed by atoms with Crippen LogP contribution in [0.5, 0.6) is 0 Å². The molecule has 1 aromatic heterocycles. The van der Waals surface area contributed by atoms with Crippen molar-refractivity contribution >= 4 is 16.9 Å². The standard InChI is InChI=1S/C16H22N4O3/c1-19(11-16(12-21)6-8-23-9-7-16)15(22)10-20-17-13-4-2-3-5-14(13)18-20/h2-5,21H,6-12H2,1H3. The van der Waals surface area contributed by atoms with E-state index < -0.39 is 0 Å². The van der Waals surface area contributed by atoms with Gasteiger partial charge in [-0.05, 0) is 25.0 Å². The molecule has 0 aliphatic carbocycles. The highest BCUT2D eigenvalue weighted by atomic mass is 16.5. The number of benzene rings is 1. The number of aromatic nitrogens is 3. The summed E-state index contributed by atoms with van der Waals surface area (Å²) in [5.74, 6) is -0.0652. The van der Waals surface area contributed by atoms with Gasteiger partial charge in [0.25, 0.3) is 0 Å². The first-order chi connectivity index (χ1) is 11.1. The first kappa shape index (κ1) is 15.9. The molecule has 1 aliphatic rings. The Kier molecular flexibility index (Phi) is 4.58. The number of likely N-dealkylation sites (N-methyl/N-ethyl adjacent to an activating group) is 1. The van der Waals surface area contributed by atoms with E-state index in [-0.39, 0.29) is 24.5 Å². The van der Waals surface area contributed by atoms with Gasteiger partial charge in [-0.25, -0.2) is 0 Å². The lowest BCUT2D eigenvalue weighted by Crippen LogP contribution is -2.45. The zero-order chi connectivity index (χ0) is 16.3. The molecule has 1 amide bonds. The van der Waals surface area contributed by atoms with E-state index in [0.29, 0.717) is 19.8 Å². The van der Waals surface area contributed by atoms with Crippen LogP contribution >= 0.6 is 0 Å². The second-order valence-electron chi connectivity index (χ2n) is 6.24. The van der Waals surface area contributed by atoms with Crippen LogP contribution in [0.15, 0.2) is 24.3 Å². The zero-order valence-electron chi connectivity index (χ0n) is 13.3. The first-order valence-corrected chi connectivity index (χ1v) is 7.84. The molecule has 0 bridgehead atoms. The third kappa shape index (κ3) is 3.51. The Morgan fingerprint density at radius 3 is 2.48 bits per heavy atom. The Labute approximate surface area is 134 Å². The largest absolute Gasteiger partial charge is 0.396 e. The number of carbonyl (C=O) groups is 1. The van der Waals surface area contributed by atoms with Crippen LogP contribution < -0.4 is 0 Å². The Bertz CT molecular complexity index is 646. The molecular weight excluding hydrogens is 296 g/mol. The average Bonchev–Trinajstić information content (AvgIpc) is 2.97. The molecule has 0 unspecified atom stereocenters. The van der Waals surface area contributed by atoms with E-state index in [4.69, 9.17) is 4.74 Å². The summed E-state index contributed by atoms with van der Waals surface area (Å²) in [4.78, 5) is 15.5. The van der Waals surface area contributed by atoms with Gasteiger partial charge in [0.2, 0.25) is 5.91 Å². The van der Waals surface area contributed by atoms with Crippen LogP contribution in [0.25, 0.3) is 11.0 Å². The van der Waals surface area contributed by atoms with Gasteiger partial charge in [0, 0.05) is 32.2 Å². The van der Waals surface area contributed by atoms with Gasteiger partial charge in [0.1, 0.15) is 17.6 Å². The Hall–Kier alpha value is -1.99. The quantitative estimate of drug-likeness (QED) is 0.877. The number of hydrogen-bond donors (Lipinski definition) is 1. The highest BCUT2D eigenvalue weighted by molar-refractivity contribution is 5.77. The minimum absolute atomic E-state index is 0.0652. The fraction of sp³-hybridized carbons (Fsp3) is 0.562. The Balaban J connectivity index is 1.64. The van der Waals surface area contributed by atoms with Crippen molar-refractivity contribution in [2.75, 3.05) is 33.4 Å². The molecule has 124 valence electrons. The first-order valence-electron chi connectivity index (χ1n) is 7.84. The number of aliphatic hydroxyl groups excluding tert-OH is 1. The van der Waals surface area contributed by atoms with E-state index in [9.17, 15) is 9.90 Å². The maximum absolute atomic E-state index is 12.4. The predicted octanol–water partition coefficient (Wildman–Crippen LogP) is 0.679. The molecule has 1 saturated heterocycles. The molecule has 1 fully saturated rings. The van der Waals surface area contributed by atoms with Gasteiger partial charge in [-0.3, -0.25) is 4.79 Å². The van der Waals surface area contributed by atoms with Crippen molar-refractivity contribution in [2.45, 2.75) is 19.4 Å². The second-order valence-corrected chi connectivity index (χ2v) is 6.24. The van der Waals surface area contributed by atoms with Crippen LogP contribution in [0.1, 0.15) is 12.8 Å². The summed E-state index contributed by atoms with van der Waals surface area (Å²) >= 11 is 0. The summed E-state index contributed by atoms with van der Waals surface area (Å²) in [6.07, 6.45) is 1.54. The molecule has 0 radical (unpaired) electrons. The van der Waals surface area contributed by atoms with Crippen LogP contribution in [-0.4, -0.2) is 64.3 Å². The van der Waals surface area contributed by atoms with E-state index in [2.05, 4.69) is 10.2 Å². The average molecular weight is 318 g/mol. The molecule has 0 spiro atoms. The van der Waals surface area contributed by atoms with E-state index in [0.717, 1.165) is 23.9 Å². The predicted molar refractivity (Wildman–Crippen MR) is 84.7 cm³/mol. The topological polar surface area (TPSA) is 80.5 Å². The number of rotatable bonds is 5. The van der Waals surface area contributed by atoms with Gasteiger partial charge in [-0.15, -0.1) is 0 Å². The molecule has 0 atom stereocenters. The van der Waals surface area contributed by atoms with Crippen molar-refractivity contribution in [3.63, 3.8) is 0 Å². The number of hydrogen-bond acceptors (Lipinski definition) is 5. The second kappa shape index (κ2) is 6.64. The zero-order valence-corrected chi connectivity index (χ0v) is 13.3. The van der Waals surface area contributed by atoms with Gasteiger partial charge >= 0.3 is 0 Å². The summed E-state index contributed by atoms with van der Waals surface area (Å²) in [5.41, 5.74) is 1.30. The Morgan fingerprint density at radius 2 is 1.91 bits per heavy atom. The van der Waals surface area contributed by atoms with Crippen molar-refractivity contribution < 1.29 is 14.6 Å². The van der Waals surface area contributed by atoms with E-state index in [1.54, 1.807) is 11.9 Å². The molecule has 2 heterocycles. The smallest absolute Gasteiger partial charge is 0.245 e. The van der Waals surface area contributed by atoms with Crippen molar-refractivity contribution in [3.05, 3.63) is 24.3 Å². The lowest BCUT2D eigenvalue weighted by molar-refractivity contribution is -0.134. The Morgan fingerprint density at radius 1 is 1.30 bits per heavy atom. The van der Waals surface area contributed by atoms with E-state index >= 15 is 0 Å². The molecule has 2 aromatic rings. The van der Waals surface area contributed by atoms with E-state index in [1.165, 1.54) is 4.80 Å². The summed E-state index contributed by atoms with van der Waals surface area (Å²) in [7, 11) is 1.76. The van der Waals surface area contributed by atoms with Gasteiger partial charge in [0.05, 0.1) is 6.61 Å².